The largest absolute Gasteiger partial charge is 0.332 e. The van der Waals surface area contributed by atoms with Crippen molar-refractivity contribution >= 4 is 22.5 Å². The molecular weight excluding hydrogens is 463 g/mol. The van der Waals surface area contributed by atoms with Gasteiger partial charge in [0.1, 0.15) is 0 Å². The Labute approximate surface area is 224 Å². The average Bonchev–Trinajstić information content (AvgIpc) is 3.40. The fourth-order valence-electron chi connectivity index (χ4n) is 5.74. The first-order chi connectivity index (χ1) is 18.0. The first-order valence-electron chi connectivity index (χ1n) is 13.2. The van der Waals surface area contributed by atoms with E-state index in [-0.39, 0.29) is 16.0 Å². The minimum absolute atomic E-state index is 0.214. The van der Waals surface area contributed by atoms with Gasteiger partial charge in [0, 0.05) is 12.4 Å². The first kappa shape index (κ1) is 25.0. The Bertz CT molecular complexity index is 1320. The molecule has 1 heterocycles. The lowest BCUT2D eigenvalue weighted by molar-refractivity contribution is 0.576. The maximum absolute atomic E-state index is 5.04. The van der Waals surface area contributed by atoms with Crippen molar-refractivity contribution in [2.45, 2.75) is 36.8 Å². The third kappa shape index (κ3) is 5.40. The van der Waals surface area contributed by atoms with Crippen molar-refractivity contribution in [2.75, 3.05) is 0 Å². The van der Waals surface area contributed by atoms with Crippen LogP contribution in [0.15, 0.2) is 134 Å². The van der Waals surface area contributed by atoms with Crippen LogP contribution >= 0.6 is 0 Å². The second-order valence-corrected chi connectivity index (χ2v) is 14.6. The number of benzene rings is 4. The van der Waals surface area contributed by atoms with Gasteiger partial charge in [-0.1, -0.05) is 142 Å². The third-order valence-corrected chi connectivity index (χ3v) is 9.94. The second-order valence-electron chi connectivity index (χ2n) is 11.1. The van der Waals surface area contributed by atoms with Crippen molar-refractivity contribution in [1.82, 2.24) is 9.55 Å². The Hall–Kier alpha value is -3.63. The van der Waals surface area contributed by atoms with Crippen molar-refractivity contribution < 1.29 is 0 Å². The van der Waals surface area contributed by atoms with Crippen LogP contribution in [0.1, 0.15) is 48.8 Å². The molecule has 0 atom stereocenters. The Kier molecular flexibility index (Phi) is 7.29. The fraction of sp³-hybridized carbons (Fsp3) is 0.182. The molecule has 2 nitrogen and oxygen atoms in total. The van der Waals surface area contributed by atoms with Gasteiger partial charge in [-0.3, -0.25) is 4.98 Å². The molecule has 0 saturated heterocycles. The van der Waals surface area contributed by atoms with E-state index in [1.165, 1.54) is 22.3 Å². The highest BCUT2D eigenvalue weighted by molar-refractivity contribution is 6.54. The lowest BCUT2D eigenvalue weighted by Gasteiger charge is -2.42. The highest BCUT2D eigenvalue weighted by Gasteiger charge is 2.41. The van der Waals surface area contributed by atoms with E-state index in [1.54, 1.807) is 0 Å². The van der Waals surface area contributed by atoms with Gasteiger partial charge in [-0.2, -0.15) is 0 Å². The Morgan fingerprint density at radius 1 is 0.649 bits per heavy atom. The van der Waals surface area contributed by atoms with Gasteiger partial charge < -0.3 is 4.57 Å². The van der Waals surface area contributed by atoms with Crippen LogP contribution in [-0.4, -0.2) is 26.4 Å². The molecule has 0 amide bonds. The fourth-order valence-corrected chi connectivity index (χ4v) is 8.62. The summed E-state index contributed by atoms with van der Waals surface area (Å²) in [5.74, 6) is 0.226. The van der Waals surface area contributed by atoms with Crippen LogP contribution < -0.4 is 5.72 Å². The minimum Gasteiger partial charge on any atom is -0.332 e. The van der Waals surface area contributed by atoms with Gasteiger partial charge >= 0.3 is 0 Å². The number of nitrogens with zero attached hydrogens (tertiary/aromatic N) is 2. The minimum atomic E-state index is -0.767. The van der Waals surface area contributed by atoms with Crippen LogP contribution in [0.3, 0.4) is 0 Å². The summed E-state index contributed by atoms with van der Waals surface area (Å²) in [4.78, 5) is 5.04. The molecule has 0 aliphatic rings. The predicted octanol–water partition coefficient (Wildman–Crippen LogP) is 5.87. The molecule has 0 bridgehead atoms. The highest BCUT2D eigenvalue weighted by Crippen LogP contribution is 2.40. The number of hydrogen-bond donors (Lipinski definition) is 0. The summed E-state index contributed by atoms with van der Waals surface area (Å²) >= 11 is 0. The van der Waals surface area contributed by atoms with Crippen LogP contribution in [0, 0.1) is 0 Å². The van der Waals surface area contributed by atoms with Crippen molar-refractivity contribution in [2.24, 2.45) is 0 Å². The standard InChI is InChI=1S/C33H35BN2Si/c1-32(2,3)37-33(28-20-12-6-13-21-28,29-22-14-7-15-23-29)36-25-24-35-31(36)34-30(26-16-8-4-9-17-26)27-18-10-5-11-19-27/h4-25,30,34H,37H2,1-3H3. The normalized spacial score (nSPS) is 12.3. The van der Waals surface area contributed by atoms with Crippen LogP contribution in [0.25, 0.3) is 0 Å². The third-order valence-electron chi connectivity index (χ3n) is 7.21. The molecule has 0 aliphatic carbocycles. The lowest BCUT2D eigenvalue weighted by Crippen LogP contribution is -2.51. The summed E-state index contributed by atoms with van der Waals surface area (Å²) in [6.45, 7) is 7.19. The van der Waals surface area contributed by atoms with Crippen molar-refractivity contribution in [3.05, 3.63) is 156 Å². The smallest absolute Gasteiger partial charge is 0.217 e. The van der Waals surface area contributed by atoms with Gasteiger partial charge in [-0.05, 0) is 33.1 Å². The molecule has 0 N–H and O–H groups in total. The number of hydrogen-bond acceptors (Lipinski definition) is 1. The molecule has 184 valence electrons. The zero-order valence-corrected chi connectivity index (χ0v) is 23.5. The summed E-state index contributed by atoms with van der Waals surface area (Å²) in [5, 5.41) is -0.0317. The maximum Gasteiger partial charge on any atom is 0.217 e. The van der Waals surface area contributed by atoms with Crippen LogP contribution in [0.2, 0.25) is 5.04 Å². The second kappa shape index (κ2) is 10.8. The van der Waals surface area contributed by atoms with Crippen molar-refractivity contribution in [3.8, 4) is 0 Å². The molecule has 0 fully saturated rings. The monoisotopic (exact) mass is 498 g/mol. The van der Waals surface area contributed by atoms with Crippen molar-refractivity contribution in [1.29, 1.82) is 0 Å². The van der Waals surface area contributed by atoms with Crippen LogP contribution in [-0.2, 0) is 5.16 Å². The van der Waals surface area contributed by atoms with Gasteiger partial charge in [0.15, 0.2) is 0 Å². The quantitative estimate of drug-likeness (QED) is 0.245. The zero-order chi connectivity index (χ0) is 25.7. The Balaban J connectivity index is 1.71. The Morgan fingerprint density at radius 3 is 1.51 bits per heavy atom. The molecular formula is C33H35BN2Si. The number of rotatable bonds is 8. The van der Waals surface area contributed by atoms with E-state index in [9.17, 15) is 0 Å². The van der Waals surface area contributed by atoms with E-state index in [4.69, 9.17) is 4.98 Å². The molecule has 0 radical (unpaired) electrons. The van der Waals surface area contributed by atoms with Crippen LogP contribution in [0.5, 0.6) is 0 Å². The Morgan fingerprint density at radius 2 is 1.08 bits per heavy atom. The average molecular weight is 499 g/mol. The summed E-state index contributed by atoms with van der Waals surface area (Å²) in [6, 6.07) is 43.9. The molecule has 0 aliphatic heterocycles. The van der Waals surface area contributed by atoms with Crippen molar-refractivity contribution in [3.63, 3.8) is 0 Å². The SMILES string of the molecule is CC(C)(C)[SiH2]C(c1ccccc1)(c1ccccc1)n1ccnc1BC(c1ccccc1)c1ccccc1. The maximum atomic E-state index is 5.04. The molecule has 37 heavy (non-hydrogen) atoms. The van der Waals surface area contributed by atoms with Gasteiger partial charge in [-0.25, -0.2) is 0 Å². The zero-order valence-electron chi connectivity index (χ0n) is 22.1. The van der Waals surface area contributed by atoms with E-state index < -0.39 is 9.52 Å². The van der Waals surface area contributed by atoms with Gasteiger partial charge in [0.05, 0.1) is 20.4 Å². The van der Waals surface area contributed by atoms with Gasteiger partial charge in [0.2, 0.25) is 7.28 Å². The van der Waals surface area contributed by atoms with Gasteiger partial charge in [0.25, 0.3) is 0 Å². The molecule has 0 spiro atoms. The summed E-state index contributed by atoms with van der Waals surface area (Å²) < 4.78 is 2.52. The molecule has 5 rings (SSSR count). The first-order valence-corrected chi connectivity index (χ1v) is 14.6. The predicted molar refractivity (Wildman–Crippen MR) is 161 cm³/mol. The number of aromatic nitrogens is 2. The van der Waals surface area contributed by atoms with E-state index >= 15 is 0 Å². The van der Waals surface area contributed by atoms with Gasteiger partial charge in [-0.15, -0.1) is 0 Å². The molecule has 4 heteroatoms. The number of imidazole rings is 1. The van der Waals surface area contributed by atoms with E-state index in [2.05, 4.69) is 153 Å². The highest BCUT2D eigenvalue weighted by atomic mass is 28.2. The molecule has 0 unspecified atom stereocenters. The summed E-state index contributed by atoms with van der Waals surface area (Å²) in [7, 11) is 0.0677. The molecule has 1 aromatic heterocycles. The van der Waals surface area contributed by atoms with E-state index in [1.807, 2.05) is 6.20 Å². The molecule has 4 aromatic carbocycles. The molecule has 5 aromatic rings. The van der Waals surface area contributed by atoms with E-state index in [0.29, 0.717) is 0 Å². The summed E-state index contributed by atoms with van der Waals surface area (Å²) in [6.07, 6.45) is 4.22. The lowest BCUT2D eigenvalue weighted by atomic mass is 9.58. The topological polar surface area (TPSA) is 17.8 Å². The van der Waals surface area contributed by atoms with E-state index in [0.717, 1.165) is 13.0 Å². The molecule has 0 saturated carbocycles. The van der Waals surface area contributed by atoms with Crippen LogP contribution in [0.4, 0.5) is 0 Å². The summed E-state index contributed by atoms with van der Waals surface area (Å²) in [5.41, 5.74) is 6.46.